The topological polar surface area (TPSA) is 120 Å². The Morgan fingerprint density at radius 2 is 2.14 bits per heavy atom. The molecular weight excluding hydrogens is 392 g/mol. The van der Waals surface area contributed by atoms with Gasteiger partial charge >= 0.3 is 0 Å². The molecule has 1 fully saturated rings. The Kier molecular flexibility index (Phi) is 4.09. The van der Waals surface area contributed by atoms with E-state index >= 15 is 0 Å². The monoisotopic (exact) mass is 410 g/mol. The molecule has 2 aromatic rings. The Labute approximate surface area is 167 Å². The van der Waals surface area contributed by atoms with Gasteiger partial charge in [-0.15, -0.1) is 4.40 Å². The number of fused-ring (bicyclic) bond motifs is 1. The number of benzene rings is 1. The van der Waals surface area contributed by atoms with Crippen molar-refractivity contribution in [3.05, 3.63) is 54.0 Å². The van der Waals surface area contributed by atoms with Gasteiger partial charge in [-0.05, 0) is 37.1 Å². The van der Waals surface area contributed by atoms with Crippen LogP contribution in [0.1, 0.15) is 24.6 Å². The first-order chi connectivity index (χ1) is 14.0. The number of nitrogens with one attached hydrogen (secondary N) is 2. The van der Waals surface area contributed by atoms with E-state index in [4.69, 9.17) is 0 Å². The average molecular weight is 410 g/mol. The van der Waals surface area contributed by atoms with Crippen LogP contribution in [0, 0.1) is 0 Å². The molecule has 3 heterocycles. The van der Waals surface area contributed by atoms with E-state index in [0.29, 0.717) is 17.4 Å². The van der Waals surface area contributed by atoms with Gasteiger partial charge in [0, 0.05) is 29.9 Å². The van der Waals surface area contributed by atoms with Crippen molar-refractivity contribution >= 4 is 27.5 Å². The first-order valence-corrected chi connectivity index (χ1v) is 10.9. The van der Waals surface area contributed by atoms with Gasteiger partial charge in [0.15, 0.2) is 11.7 Å². The summed E-state index contributed by atoms with van der Waals surface area (Å²) in [5.74, 6) is 1.59. The first-order valence-electron chi connectivity index (χ1n) is 9.31. The number of hydrogen-bond acceptors (Lipinski definition) is 6. The molecule has 2 aliphatic heterocycles. The van der Waals surface area contributed by atoms with E-state index in [0.717, 1.165) is 24.2 Å². The van der Waals surface area contributed by atoms with Gasteiger partial charge in [-0.2, -0.15) is 5.10 Å². The van der Waals surface area contributed by atoms with Crippen LogP contribution < -0.4 is 5.32 Å². The maximum Gasteiger partial charge on any atom is 0.259 e. The molecule has 0 saturated heterocycles. The molecule has 1 aromatic heterocycles. The van der Waals surface area contributed by atoms with Crippen LogP contribution >= 0.6 is 0 Å². The molecule has 0 atom stereocenters. The van der Waals surface area contributed by atoms with Crippen LogP contribution in [0.25, 0.3) is 11.4 Å². The van der Waals surface area contributed by atoms with Crippen LogP contribution in [0.4, 0.5) is 5.69 Å². The number of aromatic amines is 1. The third kappa shape index (κ3) is 3.58. The van der Waals surface area contributed by atoms with Gasteiger partial charge in [0.25, 0.3) is 15.9 Å². The number of anilines is 1. The molecule has 29 heavy (non-hydrogen) atoms. The van der Waals surface area contributed by atoms with E-state index in [1.165, 1.54) is 0 Å². The molecule has 2 N–H and O–H groups in total. The standard InChI is InChI=1S/C19H18N6O3S/c26-19(15-5-2-8-25-9-10-29(27,28)24-18(15)25)20-14-4-1-3-13(11-14)17-21-16(22-23-17)12-6-7-12/h1-5,8,11-12H,6-7,9-10H2,(H,20,26)(H,21,22,23). The molecule has 0 unspecified atom stereocenters. The van der Waals surface area contributed by atoms with E-state index in [-0.39, 0.29) is 23.7 Å². The van der Waals surface area contributed by atoms with Crippen LogP contribution in [0.2, 0.25) is 0 Å². The Balaban J connectivity index is 1.38. The maximum absolute atomic E-state index is 12.8. The highest BCUT2D eigenvalue weighted by molar-refractivity contribution is 7.90. The van der Waals surface area contributed by atoms with Crippen molar-refractivity contribution in [2.75, 3.05) is 17.6 Å². The Bertz CT molecular complexity index is 1190. The summed E-state index contributed by atoms with van der Waals surface area (Å²) in [5.41, 5.74) is 1.55. The predicted molar refractivity (Wildman–Crippen MR) is 108 cm³/mol. The third-order valence-corrected chi connectivity index (χ3v) is 6.10. The molecule has 10 heteroatoms. The van der Waals surface area contributed by atoms with Crippen molar-refractivity contribution in [3.63, 3.8) is 0 Å². The molecule has 148 valence electrons. The predicted octanol–water partition coefficient (Wildman–Crippen LogP) is 1.79. The fraction of sp³-hybridized carbons (Fsp3) is 0.263. The number of aromatic nitrogens is 3. The molecular formula is C19H18N6O3S. The van der Waals surface area contributed by atoms with Gasteiger partial charge in [-0.3, -0.25) is 9.89 Å². The number of nitrogens with zero attached hydrogens (tertiary/aromatic N) is 4. The Morgan fingerprint density at radius 3 is 2.97 bits per heavy atom. The van der Waals surface area contributed by atoms with Gasteiger partial charge < -0.3 is 10.2 Å². The van der Waals surface area contributed by atoms with E-state index in [1.54, 1.807) is 35.4 Å². The van der Waals surface area contributed by atoms with E-state index < -0.39 is 15.9 Å². The van der Waals surface area contributed by atoms with E-state index in [9.17, 15) is 13.2 Å². The lowest BCUT2D eigenvalue weighted by Gasteiger charge is -2.28. The van der Waals surface area contributed by atoms with Crippen LogP contribution in [0.3, 0.4) is 0 Å². The van der Waals surface area contributed by atoms with Gasteiger partial charge in [0.2, 0.25) is 0 Å². The highest BCUT2D eigenvalue weighted by Crippen LogP contribution is 2.38. The van der Waals surface area contributed by atoms with Gasteiger partial charge in [0.05, 0.1) is 11.3 Å². The number of carbonyl (C=O) groups excluding carboxylic acids is 1. The first kappa shape index (κ1) is 17.8. The highest BCUT2D eigenvalue weighted by Gasteiger charge is 2.30. The summed E-state index contributed by atoms with van der Waals surface area (Å²) in [6.07, 6.45) is 7.24. The SMILES string of the molecule is O=C(Nc1cccc(-c2n[nH]c(C3CC3)n2)c1)C1=CC=CN2CCS(=O)(=O)N=C12. The summed E-state index contributed by atoms with van der Waals surface area (Å²) in [6, 6.07) is 7.22. The number of sulfonamides is 1. The Morgan fingerprint density at radius 1 is 1.28 bits per heavy atom. The summed E-state index contributed by atoms with van der Waals surface area (Å²) in [5, 5.41) is 10.1. The summed E-state index contributed by atoms with van der Waals surface area (Å²) in [6.45, 7) is 0.270. The van der Waals surface area contributed by atoms with Crippen LogP contribution in [0.5, 0.6) is 0 Å². The van der Waals surface area contributed by atoms with Gasteiger partial charge in [0.1, 0.15) is 5.82 Å². The van der Waals surface area contributed by atoms with Crippen molar-refractivity contribution in [3.8, 4) is 11.4 Å². The lowest BCUT2D eigenvalue weighted by molar-refractivity contribution is -0.112. The molecule has 9 nitrogen and oxygen atoms in total. The third-order valence-electron chi connectivity index (χ3n) is 4.95. The largest absolute Gasteiger partial charge is 0.331 e. The van der Waals surface area contributed by atoms with E-state index in [2.05, 4.69) is 24.9 Å². The number of allylic oxidation sites excluding steroid dienone is 2. The number of amidine groups is 1. The number of amides is 1. The number of hydrogen-bond donors (Lipinski definition) is 2. The summed E-state index contributed by atoms with van der Waals surface area (Å²) < 4.78 is 27.5. The fourth-order valence-electron chi connectivity index (χ4n) is 3.27. The second kappa shape index (κ2) is 6.66. The van der Waals surface area contributed by atoms with Crippen molar-refractivity contribution in [2.45, 2.75) is 18.8 Å². The summed E-state index contributed by atoms with van der Waals surface area (Å²) in [7, 11) is -3.56. The minimum atomic E-state index is -3.56. The zero-order valence-electron chi connectivity index (χ0n) is 15.4. The normalized spacial score (nSPS) is 19.9. The smallest absolute Gasteiger partial charge is 0.259 e. The van der Waals surface area contributed by atoms with Gasteiger partial charge in [-0.1, -0.05) is 12.1 Å². The van der Waals surface area contributed by atoms with Crippen molar-refractivity contribution in [2.24, 2.45) is 4.40 Å². The molecule has 3 aliphatic rings. The molecule has 0 radical (unpaired) electrons. The zero-order valence-corrected chi connectivity index (χ0v) is 16.2. The summed E-state index contributed by atoms with van der Waals surface area (Å²) in [4.78, 5) is 19.0. The highest BCUT2D eigenvalue weighted by atomic mass is 32.2. The zero-order chi connectivity index (χ0) is 20.0. The van der Waals surface area contributed by atoms with E-state index in [1.807, 2.05) is 12.1 Å². The molecule has 5 rings (SSSR count). The van der Waals surface area contributed by atoms with Crippen molar-refractivity contribution in [1.82, 2.24) is 20.1 Å². The average Bonchev–Trinajstić information content (AvgIpc) is 3.43. The molecule has 1 aliphatic carbocycles. The van der Waals surface area contributed by atoms with Gasteiger partial charge in [-0.25, -0.2) is 13.4 Å². The molecule has 0 bridgehead atoms. The van der Waals surface area contributed by atoms with Crippen LogP contribution in [0.15, 0.2) is 52.6 Å². The summed E-state index contributed by atoms with van der Waals surface area (Å²) >= 11 is 0. The molecule has 0 spiro atoms. The number of rotatable bonds is 4. The quantitative estimate of drug-likeness (QED) is 0.793. The number of H-pyrrole nitrogens is 1. The lowest BCUT2D eigenvalue weighted by atomic mass is 10.1. The lowest BCUT2D eigenvalue weighted by Crippen LogP contribution is -2.40. The number of carbonyl (C=O) groups is 1. The second-order valence-corrected chi connectivity index (χ2v) is 8.92. The van der Waals surface area contributed by atoms with Crippen LogP contribution in [-0.4, -0.2) is 52.5 Å². The van der Waals surface area contributed by atoms with Crippen LogP contribution in [-0.2, 0) is 14.8 Å². The molecule has 1 aromatic carbocycles. The van der Waals surface area contributed by atoms with Crippen molar-refractivity contribution < 1.29 is 13.2 Å². The fourth-order valence-corrected chi connectivity index (χ4v) is 4.26. The minimum absolute atomic E-state index is 0.0721. The maximum atomic E-state index is 12.8. The Hall–Kier alpha value is -3.27. The minimum Gasteiger partial charge on any atom is -0.331 e. The van der Waals surface area contributed by atoms with Crippen molar-refractivity contribution in [1.29, 1.82) is 0 Å². The molecule has 1 amide bonds. The molecule has 1 saturated carbocycles. The second-order valence-electron chi connectivity index (χ2n) is 7.17.